The van der Waals surface area contributed by atoms with Gasteiger partial charge in [-0.1, -0.05) is 36.6 Å². The Kier molecular flexibility index (Phi) is 5.22. The number of benzene rings is 1. The number of hydrogen-bond donors (Lipinski definition) is 2. The minimum Gasteiger partial charge on any atom is -0.481 e. The van der Waals surface area contributed by atoms with Gasteiger partial charge in [0.2, 0.25) is 5.91 Å². The van der Waals surface area contributed by atoms with Gasteiger partial charge in [-0.05, 0) is 44.7 Å². The molecule has 4 heteroatoms. The number of carbonyl (C=O) groups is 2. The third-order valence-electron chi connectivity index (χ3n) is 4.67. The normalized spacial score (nSPS) is 22.9. The van der Waals surface area contributed by atoms with E-state index in [1.807, 2.05) is 32.9 Å². The molecule has 0 radical (unpaired) electrons. The van der Waals surface area contributed by atoms with Crippen LogP contribution < -0.4 is 5.32 Å². The molecule has 1 aromatic rings. The summed E-state index contributed by atoms with van der Waals surface area (Å²) in [6.07, 6.45) is 3.10. The smallest absolute Gasteiger partial charge is 0.307 e. The largest absolute Gasteiger partial charge is 0.481 e. The first-order valence-corrected chi connectivity index (χ1v) is 8.00. The Morgan fingerprint density at radius 2 is 1.82 bits per heavy atom. The van der Waals surface area contributed by atoms with Crippen molar-refractivity contribution in [1.82, 2.24) is 5.32 Å². The summed E-state index contributed by atoms with van der Waals surface area (Å²) in [7, 11) is 0. The molecular weight excluding hydrogens is 278 g/mol. The summed E-state index contributed by atoms with van der Waals surface area (Å²) in [5.41, 5.74) is 3.42. The molecule has 3 atom stereocenters. The van der Waals surface area contributed by atoms with Gasteiger partial charge in [0.05, 0.1) is 17.9 Å². The first-order chi connectivity index (χ1) is 10.4. The highest BCUT2D eigenvalue weighted by Gasteiger charge is 2.36. The number of aryl methyl sites for hydroxylation is 2. The lowest BCUT2D eigenvalue weighted by atomic mass is 9.78. The zero-order chi connectivity index (χ0) is 16.3. The van der Waals surface area contributed by atoms with Crippen molar-refractivity contribution >= 4 is 11.9 Å². The van der Waals surface area contributed by atoms with E-state index in [-0.39, 0.29) is 11.9 Å². The average Bonchev–Trinajstić information content (AvgIpc) is 2.46. The van der Waals surface area contributed by atoms with E-state index in [0.717, 1.165) is 24.0 Å². The third kappa shape index (κ3) is 3.67. The van der Waals surface area contributed by atoms with Crippen LogP contribution in [0.4, 0.5) is 0 Å². The van der Waals surface area contributed by atoms with Crippen molar-refractivity contribution in [3.05, 3.63) is 34.9 Å². The van der Waals surface area contributed by atoms with Gasteiger partial charge in [0.1, 0.15) is 0 Å². The van der Waals surface area contributed by atoms with Crippen molar-refractivity contribution in [2.24, 2.45) is 11.8 Å². The predicted octanol–water partition coefficient (Wildman–Crippen LogP) is 3.37. The van der Waals surface area contributed by atoms with E-state index in [9.17, 15) is 14.7 Å². The summed E-state index contributed by atoms with van der Waals surface area (Å²) in [5.74, 6) is -1.92. The fraction of sp³-hybridized carbons (Fsp3) is 0.556. The Morgan fingerprint density at radius 3 is 2.41 bits per heavy atom. The molecule has 0 heterocycles. The van der Waals surface area contributed by atoms with Gasteiger partial charge in [-0.15, -0.1) is 0 Å². The molecule has 0 bridgehead atoms. The van der Waals surface area contributed by atoms with E-state index < -0.39 is 17.8 Å². The Hall–Kier alpha value is -1.84. The van der Waals surface area contributed by atoms with Crippen LogP contribution >= 0.6 is 0 Å². The molecule has 1 saturated carbocycles. The van der Waals surface area contributed by atoms with E-state index in [0.29, 0.717) is 12.8 Å². The molecule has 4 nitrogen and oxygen atoms in total. The van der Waals surface area contributed by atoms with Crippen LogP contribution in [0, 0.1) is 25.7 Å². The number of aliphatic carboxylic acids is 1. The van der Waals surface area contributed by atoms with Gasteiger partial charge in [-0.3, -0.25) is 9.59 Å². The van der Waals surface area contributed by atoms with Gasteiger partial charge < -0.3 is 10.4 Å². The third-order valence-corrected chi connectivity index (χ3v) is 4.67. The quantitative estimate of drug-likeness (QED) is 0.896. The van der Waals surface area contributed by atoms with Crippen molar-refractivity contribution < 1.29 is 14.7 Å². The zero-order valence-electron chi connectivity index (χ0n) is 13.6. The number of hydrogen-bond acceptors (Lipinski definition) is 2. The second kappa shape index (κ2) is 6.95. The summed E-state index contributed by atoms with van der Waals surface area (Å²) in [6, 6.07) is 6.06. The van der Waals surface area contributed by atoms with Gasteiger partial charge in [0.25, 0.3) is 0 Å². The number of amides is 1. The van der Waals surface area contributed by atoms with E-state index in [1.54, 1.807) is 0 Å². The minimum atomic E-state index is -0.848. The van der Waals surface area contributed by atoms with Crippen molar-refractivity contribution in [3.63, 3.8) is 0 Å². The molecule has 0 saturated heterocycles. The number of carbonyl (C=O) groups excluding carboxylic acids is 1. The maximum atomic E-state index is 12.5. The van der Waals surface area contributed by atoms with Crippen molar-refractivity contribution in [1.29, 1.82) is 0 Å². The molecule has 1 amide bonds. The Labute approximate surface area is 131 Å². The van der Waals surface area contributed by atoms with Gasteiger partial charge in [-0.2, -0.15) is 0 Å². The summed E-state index contributed by atoms with van der Waals surface area (Å²) in [5, 5.41) is 12.3. The number of carboxylic acids is 1. The highest BCUT2D eigenvalue weighted by atomic mass is 16.4. The van der Waals surface area contributed by atoms with Crippen molar-refractivity contribution in [3.8, 4) is 0 Å². The molecular formula is C18H25NO3. The fourth-order valence-corrected chi connectivity index (χ4v) is 3.45. The monoisotopic (exact) mass is 303 g/mol. The molecule has 1 aromatic carbocycles. The second-order valence-electron chi connectivity index (χ2n) is 6.43. The second-order valence-corrected chi connectivity index (χ2v) is 6.43. The molecule has 2 rings (SSSR count). The molecule has 0 spiro atoms. The van der Waals surface area contributed by atoms with Crippen LogP contribution in [0.25, 0.3) is 0 Å². The fourth-order valence-electron chi connectivity index (χ4n) is 3.45. The Morgan fingerprint density at radius 1 is 1.18 bits per heavy atom. The molecule has 1 fully saturated rings. The Balaban J connectivity index is 2.08. The maximum absolute atomic E-state index is 12.5. The lowest BCUT2D eigenvalue weighted by molar-refractivity contribution is -0.149. The van der Waals surface area contributed by atoms with Crippen LogP contribution in [-0.4, -0.2) is 17.0 Å². The number of rotatable bonds is 4. The summed E-state index contributed by atoms with van der Waals surface area (Å²) in [6.45, 7) is 6.03. The molecule has 0 aliphatic heterocycles. The molecule has 2 N–H and O–H groups in total. The average molecular weight is 303 g/mol. The van der Waals surface area contributed by atoms with Crippen LogP contribution in [0.5, 0.6) is 0 Å². The Bertz CT molecular complexity index is 567. The molecule has 1 aliphatic carbocycles. The molecule has 1 aliphatic rings. The maximum Gasteiger partial charge on any atom is 0.307 e. The molecule has 22 heavy (non-hydrogen) atoms. The highest BCUT2D eigenvalue weighted by molar-refractivity contribution is 5.85. The van der Waals surface area contributed by atoms with E-state index in [2.05, 4.69) is 11.4 Å². The molecule has 120 valence electrons. The van der Waals surface area contributed by atoms with E-state index in [4.69, 9.17) is 0 Å². The van der Waals surface area contributed by atoms with E-state index >= 15 is 0 Å². The summed E-state index contributed by atoms with van der Waals surface area (Å²) < 4.78 is 0. The van der Waals surface area contributed by atoms with Gasteiger partial charge in [0.15, 0.2) is 0 Å². The summed E-state index contributed by atoms with van der Waals surface area (Å²) in [4.78, 5) is 23.8. The highest BCUT2D eigenvalue weighted by Crippen LogP contribution is 2.31. The molecule has 0 aromatic heterocycles. The standard InChI is InChI=1S/C18H25NO3/c1-11-8-9-14(12(2)10-11)13(3)19-17(20)15-6-4-5-7-16(15)18(21)22/h8-10,13,15-16H,4-7H2,1-3H3,(H,19,20)(H,21,22)/t13-,15+,16-/m0/s1. The topological polar surface area (TPSA) is 66.4 Å². The number of nitrogens with one attached hydrogen (secondary N) is 1. The lowest BCUT2D eigenvalue weighted by Gasteiger charge is -2.29. The minimum absolute atomic E-state index is 0.107. The van der Waals surface area contributed by atoms with Gasteiger partial charge >= 0.3 is 5.97 Å². The predicted molar refractivity (Wildman–Crippen MR) is 85.6 cm³/mol. The van der Waals surface area contributed by atoms with Crippen LogP contribution in [0.3, 0.4) is 0 Å². The molecule has 0 unspecified atom stereocenters. The van der Waals surface area contributed by atoms with Crippen molar-refractivity contribution in [2.45, 2.75) is 52.5 Å². The van der Waals surface area contributed by atoms with Crippen LogP contribution in [0.2, 0.25) is 0 Å². The first kappa shape index (κ1) is 16.5. The van der Waals surface area contributed by atoms with Crippen molar-refractivity contribution in [2.75, 3.05) is 0 Å². The van der Waals surface area contributed by atoms with E-state index in [1.165, 1.54) is 5.56 Å². The first-order valence-electron chi connectivity index (χ1n) is 8.00. The summed E-state index contributed by atoms with van der Waals surface area (Å²) >= 11 is 0. The van der Waals surface area contributed by atoms with Crippen LogP contribution in [0.15, 0.2) is 18.2 Å². The van der Waals surface area contributed by atoms with Gasteiger partial charge in [0, 0.05) is 0 Å². The zero-order valence-corrected chi connectivity index (χ0v) is 13.6. The van der Waals surface area contributed by atoms with Gasteiger partial charge in [-0.25, -0.2) is 0 Å². The van der Waals surface area contributed by atoms with Crippen LogP contribution in [0.1, 0.15) is 55.3 Å². The number of carboxylic acid groups (broad SMARTS) is 1. The SMILES string of the molecule is Cc1ccc([C@H](C)NC(=O)[C@@H]2CCCC[C@@H]2C(=O)O)c(C)c1. The van der Waals surface area contributed by atoms with Crippen LogP contribution in [-0.2, 0) is 9.59 Å². The lowest BCUT2D eigenvalue weighted by Crippen LogP contribution is -2.40.